The number of halogens is 1. The number of aromatic hydroxyl groups is 2. The maximum Gasteiger partial charge on any atom is 0.342 e. The molecule has 1 aromatic rings. The molecule has 0 aliphatic carbocycles. The maximum atomic E-state index is 12.7. The lowest BCUT2D eigenvalue weighted by molar-refractivity contribution is -0.133. The van der Waals surface area contributed by atoms with E-state index in [9.17, 15) is 19.8 Å². The van der Waals surface area contributed by atoms with Crippen molar-refractivity contribution in [2.45, 2.75) is 44.9 Å². The van der Waals surface area contributed by atoms with Gasteiger partial charge in [0.2, 0.25) is 5.91 Å². The van der Waals surface area contributed by atoms with E-state index in [0.29, 0.717) is 12.1 Å². The number of fused-ring (bicyclic) bond motifs is 1. The number of piperidine rings is 1. The topological polar surface area (TPSA) is 109 Å². The number of amides is 1. The number of phenolic OH excluding ortho intramolecular Hbond substituents is 2. The molecule has 0 saturated carbocycles. The van der Waals surface area contributed by atoms with Crippen molar-refractivity contribution in [3.63, 3.8) is 0 Å². The van der Waals surface area contributed by atoms with E-state index in [-0.39, 0.29) is 47.4 Å². The summed E-state index contributed by atoms with van der Waals surface area (Å²) < 4.78 is 15.1. The van der Waals surface area contributed by atoms with Gasteiger partial charge in [0.1, 0.15) is 35.9 Å². The van der Waals surface area contributed by atoms with Gasteiger partial charge in [-0.3, -0.25) is 8.98 Å². The summed E-state index contributed by atoms with van der Waals surface area (Å²) in [6, 6.07) is 1.02. The summed E-state index contributed by atoms with van der Waals surface area (Å²) in [4.78, 5) is 26.7. The zero-order chi connectivity index (χ0) is 24.3. The van der Waals surface area contributed by atoms with E-state index in [1.807, 2.05) is 18.2 Å². The van der Waals surface area contributed by atoms with Gasteiger partial charge in [-0.05, 0) is 50.2 Å². The van der Waals surface area contributed by atoms with E-state index < -0.39 is 11.7 Å². The molecule has 3 rings (SSSR count). The van der Waals surface area contributed by atoms with Crippen molar-refractivity contribution < 1.29 is 28.7 Å². The SMILES string of the molecule is O=C1OCC/C=C/CC/C=C/C(=N\SOCC(=O)N2CCCCC2)Cc2c(Cl)c(O)cc(O)c21. The number of hydrogen-bond acceptors (Lipinski definition) is 8. The van der Waals surface area contributed by atoms with Crippen molar-refractivity contribution in [3.8, 4) is 11.5 Å². The largest absolute Gasteiger partial charge is 0.507 e. The number of phenols is 2. The lowest BCUT2D eigenvalue weighted by Gasteiger charge is -2.26. The van der Waals surface area contributed by atoms with Crippen LogP contribution in [-0.2, 0) is 20.1 Å². The molecule has 2 N–H and O–H groups in total. The van der Waals surface area contributed by atoms with Gasteiger partial charge < -0.3 is 19.8 Å². The Morgan fingerprint density at radius 1 is 1.12 bits per heavy atom. The van der Waals surface area contributed by atoms with Gasteiger partial charge in [0.25, 0.3) is 0 Å². The van der Waals surface area contributed by atoms with Gasteiger partial charge in [0, 0.05) is 25.6 Å². The predicted molar refractivity (Wildman–Crippen MR) is 132 cm³/mol. The van der Waals surface area contributed by atoms with E-state index in [4.69, 9.17) is 20.5 Å². The van der Waals surface area contributed by atoms with Gasteiger partial charge in [-0.25, -0.2) is 4.79 Å². The molecule has 8 nitrogen and oxygen atoms in total. The summed E-state index contributed by atoms with van der Waals surface area (Å²) in [5.74, 6) is -1.59. The first kappa shape index (κ1) is 26.1. The normalized spacial score (nSPS) is 20.8. The van der Waals surface area contributed by atoms with Crippen LogP contribution < -0.4 is 0 Å². The van der Waals surface area contributed by atoms with Crippen LogP contribution in [0.5, 0.6) is 11.5 Å². The summed E-state index contributed by atoms with van der Waals surface area (Å²) in [6.07, 6.45) is 12.9. The van der Waals surface area contributed by atoms with Crippen molar-refractivity contribution in [1.29, 1.82) is 0 Å². The van der Waals surface area contributed by atoms with Gasteiger partial charge in [-0.2, -0.15) is 4.40 Å². The fourth-order valence-corrected chi connectivity index (χ4v) is 4.35. The van der Waals surface area contributed by atoms with Crippen LogP contribution in [0.15, 0.2) is 34.8 Å². The maximum absolute atomic E-state index is 12.7. The van der Waals surface area contributed by atoms with Crippen molar-refractivity contribution in [2.24, 2.45) is 4.40 Å². The van der Waals surface area contributed by atoms with Crippen LogP contribution in [0, 0.1) is 0 Å². The van der Waals surface area contributed by atoms with E-state index in [1.165, 1.54) is 0 Å². The first-order valence-corrected chi connectivity index (χ1v) is 12.4. The summed E-state index contributed by atoms with van der Waals surface area (Å²) in [6.45, 7) is 1.55. The molecule has 34 heavy (non-hydrogen) atoms. The Morgan fingerprint density at radius 3 is 2.65 bits per heavy atom. The molecule has 184 valence electrons. The number of carbonyl (C=O) groups excluding carboxylic acids is 2. The van der Waals surface area contributed by atoms with Crippen LogP contribution in [0.3, 0.4) is 0 Å². The molecule has 0 unspecified atom stereocenters. The highest BCUT2D eigenvalue weighted by Gasteiger charge is 2.24. The zero-order valence-corrected chi connectivity index (χ0v) is 20.4. The standard InChI is InChI=1S/C24H29ClN2O6S/c25-23-18-14-17(26-34-33-16-21(30)27-11-7-5-8-12-27)10-6-3-1-2-4-9-13-32-24(31)22(18)19(28)15-20(23)29/h2,4,6,10,15,28-29H,1,3,5,7-9,11-14,16H2/b4-2+,10-6+,26-17+. The summed E-state index contributed by atoms with van der Waals surface area (Å²) >= 11 is 7.08. The quantitative estimate of drug-likeness (QED) is 0.198. The molecule has 1 amide bonds. The van der Waals surface area contributed by atoms with Crippen molar-refractivity contribution >= 4 is 41.4 Å². The van der Waals surface area contributed by atoms with Crippen LogP contribution in [0.4, 0.5) is 0 Å². The predicted octanol–water partition coefficient (Wildman–Crippen LogP) is 4.78. The minimum Gasteiger partial charge on any atom is -0.507 e. The summed E-state index contributed by atoms with van der Waals surface area (Å²) in [7, 11) is 0. The third kappa shape index (κ3) is 7.51. The van der Waals surface area contributed by atoms with E-state index in [2.05, 4.69) is 4.40 Å². The number of rotatable bonds is 4. The van der Waals surface area contributed by atoms with Gasteiger partial charge >= 0.3 is 5.97 Å². The molecule has 10 heteroatoms. The Hall–Kier alpha value is -2.49. The Labute approximate surface area is 208 Å². The fourth-order valence-electron chi connectivity index (χ4n) is 3.71. The Bertz CT molecular complexity index is 973. The number of ether oxygens (including phenoxy) is 1. The van der Waals surface area contributed by atoms with Crippen molar-refractivity contribution in [1.82, 2.24) is 4.90 Å². The van der Waals surface area contributed by atoms with E-state index in [1.54, 1.807) is 11.0 Å². The molecular weight excluding hydrogens is 480 g/mol. The highest BCUT2D eigenvalue weighted by Crippen LogP contribution is 2.37. The number of nitrogens with zero attached hydrogens (tertiary/aromatic N) is 2. The van der Waals surface area contributed by atoms with Crippen molar-refractivity contribution in [3.05, 3.63) is 46.5 Å². The van der Waals surface area contributed by atoms with Gasteiger partial charge in [0.05, 0.1) is 17.3 Å². The number of likely N-dealkylation sites (tertiary alicyclic amines) is 1. The zero-order valence-electron chi connectivity index (χ0n) is 18.9. The average molecular weight is 509 g/mol. The number of benzene rings is 1. The highest BCUT2D eigenvalue weighted by atomic mass is 35.5. The molecule has 0 radical (unpaired) electrons. The van der Waals surface area contributed by atoms with Crippen LogP contribution >= 0.6 is 23.8 Å². The molecule has 1 fully saturated rings. The van der Waals surface area contributed by atoms with Crippen molar-refractivity contribution in [2.75, 3.05) is 26.3 Å². The van der Waals surface area contributed by atoms with Crippen LogP contribution in [-0.4, -0.2) is 59.0 Å². The fraction of sp³-hybridized carbons (Fsp3) is 0.458. The second-order valence-corrected chi connectivity index (χ2v) is 8.94. The number of esters is 1. The van der Waals surface area contributed by atoms with Gasteiger partial charge in [-0.15, -0.1) is 0 Å². The van der Waals surface area contributed by atoms with E-state index >= 15 is 0 Å². The second kappa shape index (κ2) is 13.4. The van der Waals surface area contributed by atoms with Gasteiger partial charge in [0.15, 0.2) is 0 Å². The smallest absolute Gasteiger partial charge is 0.342 e. The molecule has 2 heterocycles. The molecule has 0 spiro atoms. The lowest BCUT2D eigenvalue weighted by atomic mass is 9.99. The molecule has 2 aliphatic rings. The first-order chi connectivity index (χ1) is 16.5. The second-order valence-electron chi connectivity index (χ2n) is 8.00. The number of carbonyl (C=O) groups is 2. The molecular formula is C24H29ClN2O6S. The van der Waals surface area contributed by atoms with Gasteiger partial charge in [-0.1, -0.05) is 29.8 Å². The molecule has 0 bridgehead atoms. The third-order valence-electron chi connectivity index (χ3n) is 5.48. The number of cyclic esters (lactones) is 1. The molecule has 1 saturated heterocycles. The first-order valence-electron chi connectivity index (χ1n) is 11.3. The molecule has 0 atom stereocenters. The molecule has 2 aliphatic heterocycles. The number of allylic oxidation sites excluding steroid dienone is 3. The molecule has 1 aromatic carbocycles. The van der Waals surface area contributed by atoms with Crippen LogP contribution in [0.25, 0.3) is 0 Å². The minimum absolute atomic E-state index is 0.0357. The Balaban J connectivity index is 1.79. The highest BCUT2D eigenvalue weighted by molar-refractivity contribution is 7.93. The lowest BCUT2D eigenvalue weighted by Crippen LogP contribution is -2.37. The minimum atomic E-state index is -0.737. The number of hydrogen-bond donors (Lipinski definition) is 2. The summed E-state index contributed by atoms with van der Waals surface area (Å²) in [5, 5.41) is 20.4. The monoisotopic (exact) mass is 508 g/mol. The summed E-state index contributed by atoms with van der Waals surface area (Å²) in [5.41, 5.74) is 0.568. The van der Waals surface area contributed by atoms with Crippen LogP contribution in [0.2, 0.25) is 5.02 Å². The van der Waals surface area contributed by atoms with E-state index in [0.717, 1.165) is 63.5 Å². The Morgan fingerprint density at radius 2 is 1.85 bits per heavy atom. The third-order valence-corrected chi connectivity index (χ3v) is 6.43. The molecule has 0 aromatic heterocycles. The average Bonchev–Trinajstić information content (AvgIpc) is 2.83. The van der Waals surface area contributed by atoms with Crippen LogP contribution in [0.1, 0.15) is 54.4 Å². The Kier molecular flexibility index (Phi) is 10.3.